The molecule has 3 heterocycles. The van der Waals surface area contributed by atoms with Crippen LogP contribution in [-0.4, -0.2) is 48.7 Å². The minimum Gasteiger partial charge on any atom is -0.384 e. The maximum atomic E-state index is 12.1. The number of nitrogens with zero attached hydrogens (tertiary/aromatic N) is 3. The number of piperidine rings is 1. The van der Waals surface area contributed by atoms with Crippen LogP contribution in [-0.2, 0) is 9.53 Å². The molecule has 1 amide bonds. The van der Waals surface area contributed by atoms with Crippen LogP contribution in [0.3, 0.4) is 0 Å². The average molecular weight is 333 g/mol. The van der Waals surface area contributed by atoms with E-state index in [1.54, 1.807) is 12.3 Å². The second kappa shape index (κ2) is 8.28. The number of anilines is 2. The van der Waals surface area contributed by atoms with E-state index in [0.717, 1.165) is 58.5 Å². The van der Waals surface area contributed by atoms with Gasteiger partial charge in [-0.15, -0.1) is 0 Å². The zero-order valence-electron chi connectivity index (χ0n) is 14.1. The quantitative estimate of drug-likeness (QED) is 0.841. The lowest BCUT2D eigenvalue weighted by Gasteiger charge is -2.32. The minimum atomic E-state index is 0.159. The molecule has 2 aliphatic heterocycles. The van der Waals surface area contributed by atoms with Crippen molar-refractivity contribution in [1.29, 1.82) is 0 Å². The van der Waals surface area contributed by atoms with E-state index in [4.69, 9.17) is 10.5 Å². The first-order valence-electron chi connectivity index (χ1n) is 8.88. The molecule has 1 unspecified atom stereocenters. The standard InChI is InChI=1S/C17H27N5O2/c18-15-3-6-19-17(21-15)22-7-4-13(5-8-22)11-20-16(23)10-14-2-1-9-24-12-14/h3,6,13-14H,1-2,4-5,7-12H2,(H,20,23)(H2,18,19,21). The fraction of sp³-hybridized carbons (Fsp3) is 0.706. The van der Waals surface area contributed by atoms with Crippen molar-refractivity contribution in [3.63, 3.8) is 0 Å². The Morgan fingerprint density at radius 1 is 1.33 bits per heavy atom. The van der Waals surface area contributed by atoms with E-state index in [-0.39, 0.29) is 5.91 Å². The third-order valence-electron chi connectivity index (χ3n) is 4.88. The van der Waals surface area contributed by atoms with Crippen molar-refractivity contribution in [3.8, 4) is 0 Å². The number of nitrogens with one attached hydrogen (secondary N) is 1. The summed E-state index contributed by atoms with van der Waals surface area (Å²) in [5.41, 5.74) is 5.72. The van der Waals surface area contributed by atoms with Gasteiger partial charge in [-0.05, 0) is 43.6 Å². The lowest BCUT2D eigenvalue weighted by Crippen LogP contribution is -2.40. The predicted octanol–water partition coefficient (Wildman–Crippen LogP) is 1.21. The molecule has 2 fully saturated rings. The van der Waals surface area contributed by atoms with Crippen LogP contribution in [0, 0.1) is 11.8 Å². The van der Waals surface area contributed by atoms with Gasteiger partial charge >= 0.3 is 0 Å². The summed E-state index contributed by atoms with van der Waals surface area (Å²) < 4.78 is 5.43. The summed E-state index contributed by atoms with van der Waals surface area (Å²) in [5, 5.41) is 3.10. The van der Waals surface area contributed by atoms with Crippen LogP contribution in [0.1, 0.15) is 32.1 Å². The molecule has 0 bridgehead atoms. The van der Waals surface area contributed by atoms with Gasteiger partial charge in [0.1, 0.15) is 5.82 Å². The lowest BCUT2D eigenvalue weighted by molar-refractivity contribution is -0.123. The van der Waals surface area contributed by atoms with Gasteiger partial charge in [0.25, 0.3) is 0 Å². The van der Waals surface area contributed by atoms with E-state index < -0.39 is 0 Å². The number of rotatable bonds is 5. The van der Waals surface area contributed by atoms with Crippen molar-refractivity contribution in [3.05, 3.63) is 12.3 Å². The Balaban J connectivity index is 1.37. The molecule has 7 heteroatoms. The van der Waals surface area contributed by atoms with E-state index in [1.807, 2.05) is 0 Å². The third kappa shape index (κ3) is 4.80. The van der Waals surface area contributed by atoms with Gasteiger partial charge in [-0.3, -0.25) is 4.79 Å². The summed E-state index contributed by atoms with van der Waals surface area (Å²) in [6.07, 6.45) is 6.53. The average Bonchev–Trinajstić information content (AvgIpc) is 2.61. The first-order valence-corrected chi connectivity index (χ1v) is 8.88. The normalized spacial score (nSPS) is 22.3. The molecule has 1 aromatic rings. The molecule has 132 valence electrons. The van der Waals surface area contributed by atoms with Gasteiger partial charge in [0, 0.05) is 45.5 Å². The molecule has 3 N–H and O–H groups in total. The number of carbonyl (C=O) groups excluding carboxylic acids is 1. The zero-order chi connectivity index (χ0) is 16.8. The van der Waals surface area contributed by atoms with Gasteiger partial charge in [0.15, 0.2) is 0 Å². The number of amides is 1. The monoisotopic (exact) mass is 333 g/mol. The van der Waals surface area contributed by atoms with Gasteiger partial charge in [-0.1, -0.05) is 0 Å². The van der Waals surface area contributed by atoms with Gasteiger partial charge in [-0.2, -0.15) is 4.98 Å². The van der Waals surface area contributed by atoms with Crippen molar-refractivity contribution < 1.29 is 9.53 Å². The highest BCUT2D eigenvalue weighted by Crippen LogP contribution is 2.21. The molecule has 0 radical (unpaired) electrons. The van der Waals surface area contributed by atoms with Gasteiger partial charge in [0.05, 0.1) is 0 Å². The topological polar surface area (TPSA) is 93.4 Å². The maximum Gasteiger partial charge on any atom is 0.227 e. The first-order chi connectivity index (χ1) is 11.7. The Kier molecular flexibility index (Phi) is 5.85. The predicted molar refractivity (Wildman–Crippen MR) is 92.6 cm³/mol. The summed E-state index contributed by atoms with van der Waals surface area (Å²) in [6.45, 7) is 4.14. The summed E-state index contributed by atoms with van der Waals surface area (Å²) in [4.78, 5) is 22.8. The highest BCUT2D eigenvalue weighted by molar-refractivity contribution is 5.76. The molecule has 24 heavy (non-hydrogen) atoms. The van der Waals surface area contributed by atoms with Crippen LogP contribution >= 0.6 is 0 Å². The van der Waals surface area contributed by atoms with Crippen LogP contribution in [0.4, 0.5) is 11.8 Å². The second-order valence-corrected chi connectivity index (χ2v) is 6.80. The molecule has 2 aliphatic rings. The Hall–Kier alpha value is -1.89. The Bertz CT molecular complexity index is 540. The molecule has 7 nitrogen and oxygen atoms in total. The van der Waals surface area contributed by atoms with Gasteiger partial charge in [-0.25, -0.2) is 4.98 Å². The van der Waals surface area contributed by atoms with Crippen molar-refractivity contribution in [2.75, 3.05) is 43.5 Å². The fourth-order valence-electron chi connectivity index (χ4n) is 3.41. The number of ether oxygens (including phenoxy) is 1. The molecule has 1 aromatic heterocycles. The van der Waals surface area contributed by atoms with Crippen LogP contribution in [0.5, 0.6) is 0 Å². The summed E-state index contributed by atoms with van der Waals surface area (Å²) in [5.74, 6) is 2.28. The second-order valence-electron chi connectivity index (χ2n) is 6.80. The highest BCUT2D eigenvalue weighted by Gasteiger charge is 2.22. The molecular weight excluding hydrogens is 306 g/mol. The summed E-state index contributed by atoms with van der Waals surface area (Å²) in [7, 11) is 0. The number of nitrogens with two attached hydrogens (primary N) is 1. The number of carbonyl (C=O) groups is 1. The van der Waals surface area contributed by atoms with Crippen molar-refractivity contribution >= 4 is 17.7 Å². The zero-order valence-corrected chi connectivity index (χ0v) is 14.1. The Labute approximate surface area is 143 Å². The largest absolute Gasteiger partial charge is 0.384 e. The summed E-state index contributed by atoms with van der Waals surface area (Å²) >= 11 is 0. The molecule has 0 aliphatic carbocycles. The number of hydrogen-bond donors (Lipinski definition) is 2. The maximum absolute atomic E-state index is 12.1. The van der Waals surface area contributed by atoms with E-state index in [0.29, 0.717) is 30.0 Å². The molecule has 0 aromatic carbocycles. The van der Waals surface area contributed by atoms with E-state index in [9.17, 15) is 4.79 Å². The van der Waals surface area contributed by atoms with E-state index >= 15 is 0 Å². The van der Waals surface area contributed by atoms with Crippen LogP contribution in [0.25, 0.3) is 0 Å². The van der Waals surface area contributed by atoms with E-state index in [2.05, 4.69) is 20.2 Å². The van der Waals surface area contributed by atoms with E-state index in [1.165, 1.54) is 0 Å². The number of nitrogen functional groups attached to an aromatic ring is 1. The Morgan fingerprint density at radius 3 is 2.88 bits per heavy atom. The van der Waals surface area contributed by atoms with Crippen molar-refractivity contribution in [1.82, 2.24) is 15.3 Å². The molecule has 2 saturated heterocycles. The van der Waals surface area contributed by atoms with Crippen molar-refractivity contribution in [2.45, 2.75) is 32.1 Å². The van der Waals surface area contributed by atoms with Crippen LogP contribution in [0.2, 0.25) is 0 Å². The highest BCUT2D eigenvalue weighted by atomic mass is 16.5. The SMILES string of the molecule is Nc1ccnc(N2CCC(CNC(=O)CC3CCCOC3)CC2)n1. The molecular formula is C17H27N5O2. The van der Waals surface area contributed by atoms with Crippen LogP contribution in [0.15, 0.2) is 12.3 Å². The van der Waals surface area contributed by atoms with Crippen molar-refractivity contribution in [2.24, 2.45) is 11.8 Å². The fourth-order valence-corrected chi connectivity index (χ4v) is 3.41. The number of hydrogen-bond acceptors (Lipinski definition) is 6. The third-order valence-corrected chi connectivity index (χ3v) is 4.88. The minimum absolute atomic E-state index is 0.159. The number of aromatic nitrogens is 2. The Morgan fingerprint density at radius 2 is 2.17 bits per heavy atom. The lowest BCUT2D eigenvalue weighted by atomic mass is 9.96. The molecule has 0 spiro atoms. The smallest absolute Gasteiger partial charge is 0.227 e. The van der Waals surface area contributed by atoms with Gasteiger partial charge < -0.3 is 20.7 Å². The van der Waals surface area contributed by atoms with Crippen LogP contribution < -0.4 is 16.0 Å². The molecule has 0 saturated carbocycles. The van der Waals surface area contributed by atoms with Gasteiger partial charge in [0.2, 0.25) is 11.9 Å². The molecule has 1 atom stereocenters. The molecule has 3 rings (SSSR count). The first kappa shape index (κ1) is 17.0. The summed E-state index contributed by atoms with van der Waals surface area (Å²) in [6, 6.07) is 1.70.